The summed E-state index contributed by atoms with van der Waals surface area (Å²) in [5.41, 5.74) is 3.06. The van der Waals surface area contributed by atoms with Crippen molar-refractivity contribution in [3.8, 4) is 0 Å². The van der Waals surface area contributed by atoms with E-state index in [1.165, 1.54) is 12.0 Å². The quantitative estimate of drug-likeness (QED) is 0.713. The molecule has 0 radical (unpaired) electrons. The van der Waals surface area contributed by atoms with Crippen LogP contribution in [0.25, 0.3) is 0 Å². The molecule has 1 fully saturated rings. The number of carbonyl (C=O) groups excluding carboxylic acids is 1. The van der Waals surface area contributed by atoms with Gasteiger partial charge in [-0.05, 0) is 31.7 Å². The maximum atomic E-state index is 12.0. The van der Waals surface area contributed by atoms with Gasteiger partial charge in [-0.25, -0.2) is 4.79 Å². The molecular formula is C14H21N2O2+. The minimum absolute atomic E-state index is 0.241. The fourth-order valence-electron chi connectivity index (χ4n) is 2.45. The summed E-state index contributed by atoms with van der Waals surface area (Å²) in [4.78, 5) is 19.3. The highest BCUT2D eigenvalue weighted by Crippen LogP contribution is 2.09. The SMILES string of the molecule is Cc1cc(C)[n+](OC(=O)N2CCCCC2)c(C)c1. The second-order valence-electron chi connectivity index (χ2n) is 5.01. The summed E-state index contributed by atoms with van der Waals surface area (Å²) in [6.45, 7) is 7.55. The van der Waals surface area contributed by atoms with Crippen LogP contribution in [-0.2, 0) is 0 Å². The summed E-state index contributed by atoms with van der Waals surface area (Å²) in [7, 11) is 0. The lowest BCUT2D eigenvalue weighted by Crippen LogP contribution is -2.55. The minimum atomic E-state index is -0.241. The molecule has 1 aliphatic heterocycles. The molecule has 18 heavy (non-hydrogen) atoms. The van der Waals surface area contributed by atoms with Crippen LogP contribution in [0.15, 0.2) is 12.1 Å². The fraction of sp³-hybridized carbons (Fsp3) is 0.571. The Morgan fingerprint density at radius 2 is 1.67 bits per heavy atom. The van der Waals surface area contributed by atoms with Gasteiger partial charge in [0.15, 0.2) is 0 Å². The number of amides is 1. The smallest absolute Gasteiger partial charge is 0.303 e. The van der Waals surface area contributed by atoms with E-state index in [9.17, 15) is 4.79 Å². The van der Waals surface area contributed by atoms with Crippen LogP contribution < -0.4 is 9.57 Å². The van der Waals surface area contributed by atoms with Gasteiger partial charge in [-0.3, -0.25) is 0 Å². The topological polar surface area (TPSA) is 33.4 Å². The van der Waals surface area contributed by atoms with Crippen molar-refractivity contribution >= 4 is 6.09 Å². The van der Waals surface area contributed by atoms with Crippen LogP contribution in [0, 0.1) is 20.8 Å². The third-order valence-electron chi connectivity index (χ3n) is 3.30. The number of nitrogens with zero attached hydrogens (tertiary/aromatic N) is 2. The number of piperidine rings is 1. The van der Waals surface area contributed by atoms with Gasteiger partial charge < -0.3 is 4.90 Å². The van der Waals surface area contributed by atoms with Crippen LogP contribution in [0.1, 0.15) is 36.2 Å². The van der Waals surface area contributed by atoms with Gasteiger partial charge >= 0.3 is 6.09 Å². The monoisotopic (exact) mass is 249 g/mol. The fourth-order valence-corrected chi connectivity index (χ4v) is 2.45. The number of hydrogen-bond acceptors (Lipinski definition) is 2. The third-order valence-corrected chi connectivity index (χ3v) is 3.30. The molecule has 0 unspecified atom stereocenters. The Labute approximate surface area is 108 Å². The normalized spacial score (nSPS) is 15.6. The van der Waals surface area contributed by atoms with E-state index in [2.05, 4.69) is 0 Å². The van der Waals surface area contributed by atoms with E-state index < -0.39 is 0 Å². The van der Waals surface area contributed by atoms with E-state index in [1.807, 2.05) is 32.9 Å². The van der Waals surface area contributed by atoms with Crippen LogP contribution in [-0.4, -0.2) is 24.1 Å². The Morgan fingerprint density at radius 3 is 2.22 bits per heavy atom. The van der Waals surface area contributed by atoms with Crippen LogP contribution in [0.5, 0.6) is 0 Å². The molecule has 1 saturated heterocycles. The largest absolute Gasteiger partial charge is 0.478 e. The van der Waals surface area contributed by atoms with Crippen molar-refractivity contribution in [1.82, 2.24) is 4.90 Å². The zero-order valence-electron chi connectivity index (χ0n) is 11.4. The zero-order valence-corrected chi connectivity index (χ0v) is 11.4. The number of aryl methyl sites for hydroxylation is 3. The first kappa shape index (κ1) is 12.9. The molecule has 0 saturated carbocycles. The molecule has 0 atom stereocenters. The number of hydrogen-bond donors (Lipinski definition) is 0. The van der Waals surface area contributed by atoms with Crippen molar-refractivity contribution in [2.24, 2.45) is 0 Å². The van der Waals surface area contributed by atoms with E-state index in [-0.39, 0.29) is 6.09 Å². The highest BCUT2D eigenvalue weighted by atomic mass is 16.7. The molecule has 1 aromatic rings. The molecule has 0 spiro atoms. The molecule has 2 rings (SSSR count). The third kappa shape index (κ3) is 2.81. The van der Waals surface area contributed by atoms with Gasteiger partial charge in [-0.1, -0.05) is 0 Å². The van der Waals surface area contributed by atoms with E-state index in [1.54, 1.807) is 9.63 Å². The van der Waals surface area contributed by atoms with Gasteiger partial charge in [0.1, 0.15) is 0 Å². The van der Waals surface area contributed by atoms with E-state index in [0.717, 1.165) is 37.3 Å². The van der Waals surface area contributed by atoms with Crippen LogP contribution in [0.3, 0.4) is 0 Å². The Kier molecular flexibility index (Phi) is 3.84. The number of carbonyl (C=O) groups is 1. The van der Waals surface area contributed by atoms with Crippen molar-refractivity contribution in [2.75, 3.05) is 13.1 Å². The van der Waals surface area contributed by atoms with Gasteiger partial charge in [-0.2, -0.15) is 4.84 Å². The highest BCUT2D eigenvalue weighted by molar-refractivity contribution is 5.67. The number of pyridine rings is 1. The molecule has 1 amide bonds. The van der Waals surface area contributed by atoms with Crippen LogP contribution in [0.2, 0.25) is 0 Å². The van der Waals surface area contributed by atoms with Crippen LogP contribution in [0.4, 0.5) is 4.79 Å². The lowest BCUT2D eigenvalue weighted by atomic mass is 10.1. The molecule has 4 nitrogen and oxygen atoms in total. The van der Waals surface area contributed by atoms with Crippen molar-refractivity contribution in [3.05, 3.63) is 29.1 Å². The second kappa shape index (κ2) is 5.38. The molecule has 1 aromatic heterocycles. The average molecular weight is 249 g/mol. The molecule has 98 valence electrons. The summed E-state index contributed by atoms with van der Waals surface area (Å²) in [5, 5.41) is 0. The van der Waals surface area contributed by atoms with Crippen molar-refractivity contribution in [2.45, 2.75) is 40.0 Å². The van der Waals surface area contributed by atoms with Gasteiger partial charge in [0.05, 0.1) is 0 Å². The Morgan fingerprint density at radius 1 is 1.11 bits per heavy atom. The summed E-state index contributed by atoms with van der Waals surface area (Å²) < 4.78 is 1.62. The summed E-state index contributed by atoms with van der Waals surface area (Å²) in [6, 6.07) is 4.02. The van der Waals surface area contributed by atoms with Crippen LogP contribution >= 0.6 is 0 Å². The molecule has 1 aliphatic rings. The minimum Gasteiger partial charge on any atom is -0.303 e. The number of aromatic nitrogens is 1. The zero-order chi connectivity index (χ0) is 13.1. The van der Waals surface area contributed by atoms with E-state index in [4.69, 9.17) is 4.84 Å². The summed E-state index contributed by atoms with van der Waals surface area (Å²) >= 11 is 0. The molecule has 0 bridgehead atoms. The standard InChI is InChI=1S/C14H21N2O2/c1-11-9-12(2)16(13(3)10-11)18-14(17)15-7-5-4-6-8-15/h9-10H,4-8H2,1-3H3/q+1. The molecule has 2 heterocycles. The molecule has 4 heteroatoms. The Balaban J connectivity index is 2.11. The maximum Gasteiger partial charge on any atom is 0.478 e. The Bertz CT molecular complexity index is 428. The predicted molar refractivity (Wildman–Crippen MR) is 68.2 cm³/mol. The molecule has 0 aliphatic carbocycles. The van der Waals surface area contributed by atoms with Crippen molar-refractivity contribution in [3.63, 3.8) is 0 Å². The summed E-state index contributed by atoms with van der Waals surface area (Å²) in [5.74, 6) is 0. The second-order valence-corrected chi connectivity index (χ2v) is 5.01. The molecule has 0 N–H and O–H groups in total. The average Bonchev–Trinajstić information content (AvgIpc) is 2.34. The van der Waals surface area contributed by atoms with Gasteiger partial charge in [0, 0.05) is 43.8 Å². The predicted octanol–water partition coefficient (Wildman–Crippen LogP) is 1.93. The van der Waals surface area contributed by atoms with E-state index >= 15 is 0 Å². The molecule has 0 aromatic carbocycles. The van der Waals surface area contributed by atoms with Gasteiger partial charge in [0.25, 0.3) is 0 Å². The van der Waals surface area contributed by atoms with Crippen molar-refractivity contribution < 1.29 is 14.4 Å². The number of likely N-dealkylation sites (tertiary alicyclic amines) is 1. The number of rotatable bonds is 1. The first-order valence-corrected chi connectivity index (χ1v) is 6.55. The first-order valence-electron chi connectivity index (χ1n) is 6.55. The van der Waals surface area contributed by atoms with E-state index in [0.29, 0.717) is 0 Å². The van der Waals surface area contributed by atoms with Crippen molar-refractivity contribution in [1.29, 1.82) is 0 Å². The van der Waals surface area contributed by atoms with Gasteiger partial charge in [-0.15, -0.1) is 0 Å². The molecular weight excluding hydrogens is 228 g/mol. The lowest BCUT2D eigenvalue weighted by molar-refractivity contribution is -0.877. The lowest BCUT2D eigenvalue weighted by Gasteiger charge is -2.23. The summed E-state index contributed by atoms with van der Waals surface area (Å²) in [6.07, 6.45) is 3.12. The maximum absolute atomic E-state index is 12.0. The Hall–Kier alpha value is -1.58. The van der Waals surface area contributed by atoms with Gasteiger partial charge in [0.2, 0.25) is 11.4 Å². The highest BCUT2D eigenvalue weighted by Gasteiger charge is 2.24. The first-order chi connectivity index (χ1) is 8.58.